The van der Waals surface area contributed by atoms with Gasteiger partial charge in [-0.15, -0.1) is 0 Å². The first kappa shape index (κ1) is 25.5. The Morgan fingerprint density at radius 3 is 2.59 bits per heavy atom. The standard InChI is InChI=1S/C28H25Cl2FN2O4/c1-15-3-6-18(31)13-19(15)26-28(21-7-4-17(30)12-23(21)32-27(28)36)22(14-25(35)33-26)20-11-16(29)5-8-24(20)37-10-2-9-34/h3-8,11-13,22,26,34H,2,9-10,14H2,1H3,(H,32,36)(H,33,35)/t22-,26+,28-/m1/s1. The van der Waals surface area contributed by atoms with Gasteiger partial charge in [0.2, 0.25) is 11.8 Å². The molecule has 0 bridgehead atoms. The zero-order chi connectivity index (χ0) is 26.3. The molecule has 0 aliphatic carbocycles. The monoisotopic (exact) mass is 542 g/mol. The highest BCUT2D eigenvalue weighted by atomic mass is 35.5. The Kier molecular flexibility index (Phi) is 6.88. The molecule has 1 spiro atoms. The summed E-state index contributed by atoms with van der Waals surface area (Å²) >= 11 is 12.7. The predicted octanol–water partition coefficient (Wildman–Crippen LogP) is 5.44. The molecule has 3 N–H and O–H groups in total. The van der Waals surface area contributed by atoms with Crippen molar-refractivity contribution in [3.8, 4) is 5.75 Å². The van der Waals surface area contributed by atoms with E-state index in [1.54, 1.807) is 42.5 Å². The summed E-state index contributed by atoms with van der Waals surface area (Å²) in [6, 6.07) is 13.7. The topological polar surface area (TPSA) is 87.7 Å². The van der Waals surface area contributed by atoms with Gasteiger partial charge in [-0.1, -0.05) is 35.3 Å². The van der Waals surface area contributed by atoms with Crippen molar-refractivity contribution in [1.82, 2.24) is 5.32 Å². The smallest absolute Gasteiger partial charge is 0.238 e. The predicted molar refractivity (Wildman–Crippen MR) is 140 cm³/mol. The lowest BCUT2D eigenvalue weighted by Crippen LogP contribution is -2.57. The maximum absolute atomic E-state index is 14.5. The van der Waals surface area contributed by atoms with Crippen LogP contribution in [0, 0.1) is 12.7 Å². The largest absolute Gasteiger partial charge is 0.493 e. The Morgan fingerprint density at radius 2 is 1.81 bits per heavy atom. The molecule has 192 valence electrons. The lowest BCUT2D eigenvalue weighted by molar-refractivity contribution is -0.131. The van der Waals surface area contributed by atoms with E-state index in [9.17, 15) is 19.1 Å². The van der Waals surface area contributed by atoms with E-state index in [0.29, 0.717) is 44.6 Å². The number of aliphatic hydroxyl groups is 1. The summed E-state index contributed by atoms with van der Waals surface area (Å²) in [5.74, 6) is -1.36. The molecule has 0 saturated carbocycles. The molecule has 1 fully saturated rings. The van der Waals surface area contributed by atoms with Gasteiger partial charge in [-0.05, 0) is 66.1 Å². The summed E-state index contributed by atoms with van der Waals surface area (Å²) in [5.41, 5.74) is 1.63. The number of carbonyl (C=O) groups is 2. The summed E-state index contributed by atoms with van der Waals surface area (Å²) in [6.07, 6.45) is 0.377. The van der Waals surface area contributed by atoms with Crippen molar-refractivity contribution in [3.05, 3.63) is 92.7 Å². The number of halogens is 3. The zero-order valence-corrected chi connectivity index (χ0v) is 21.5. The number of ether oxygens (including phenoxy) is 1. The second-order valence-corrected chi connectivity index (χ2v) is 10.3. The average Bonchev–Trinajstić information content (AvgIpc) is 3.14. The number of amides is 2. The average molecular weight is 543 g/mol. The first-order chi connectivity index (χ1) is 17.7. The molecule has 1 saturated heterocycles. The van der Waals surface area contributed by atoms with E-state index in [1.165, 1.54) is 12.1 Å². The van der Waals surface area contributed by atoms with Crippen LogP contribution in [0.2, 0.25) is 10.0 Å². The van der Waals surface area contributed by atoms with Crippen LogP contribution < -0.4 is 15.4 Å². The Labute approximate surface area is 223 Å². The number of hydrogen-bond donors (Lipinski definition) is 3. The first-order valence-electron chi connectivity index (χ1n) is 12.0. The lowest BCUT2D eigenvalue weighted by atomic mass is 9.59. The van der Waals surface area contributed by atoms with Crippen LogP contribution in [0.5, 0.6) is 5.75 Å². The van der Waals surface area contributed by atoms with Crippen LogP contribution >= 0.6 is 23.2 Å². The van der Waals surface area contributed by atoms with Crippen molar-refractivity contribution in [1.29, 1.82) is 0 Å². The molecule has 6 nitrogen and oxygen atoms in total. The molecule has 0 unspecified atom stereocenters. The van der Waals surface area contributed by atoms with Crippen LogP contribution in [0.1, 0.15) is 47.1 Å². The van der Waals surface area contributed by atoms with E-state index in [2.05, 4.69) is 10.6 Å². The molecule has 2 heterocycles. The highest BCUT2D eigenvalue weighted by molar-refractivity contribution is 6.31. The summed E-state index contributed by atoms with van der Waals surface area (Å²) in [5, 5.41) is 16.1. The van der Waals surface area contributed by atoms with Gasteiger partial charge in [0.05, 0.1) is 12.6 Å². The summed E-state index contributed by atoms with van der Waals surface area (Å²) in [4.78, 5) is 27.4. The number of aryl methyl sites for hydroxylation is 1. The molecule has 3 atom stereocenters. The molecule has 2 aliphatic heterocycles. The number of nitrogens with one attached hydrogen (secondary N) is 2. The van der Waals surface area contributed by atoms with Crippen LogP contribution in [0.15, 0.2) is 54.6 Å². The SMILES string of the molecule is Cc1ccc(F)cc1[C@@H]1NC(=O)C[C@H](c2cc(Cl)ccc2OCCCO)[C@@]12C(=O)Nc1cc(Cl)ccc12. The van der Waals surface area contributed by atoms with Crippen LogP contribution in [0.3, 0.4) is 0 Å². The van der Waals surface area contributed by atoms with Gasteiger partial charge in [0.25, 0.3) is 0 Å². The Bertz CT molecular complexity index is 1400. The molecule has 3 aromatic rings. The van der Waals surface area contributed by atoms with Gasteiger partial charge in [0, 0.05) is 46.7 Å². The number of rotatable bonds is 6. The maximum Gasteiger partial charge on any atom is 0.238 e. The van der Waals surface area contributed by atoms with Crippen LogP contribution in [0.25, 0.3) is 0 Å². The molecule has 0 aromatic heterocycles. The van der Waals surface area contributed by atoms with Crippen LogP contribution in [-0.4, -0.2) is 30.1 Å². The Balaban J connectivity index is 1.79. The van der Waals surface area contributed by atoms with Gasteiger partial charge in [0.15, 0.2) is 0 Å². The second kappa shape index (κ2) is 9.97. The van der Waals surface area contributed by atoms with E-state index < -0.39 is 23.2 Å². The van der Waals surface area contributed by atoms with Crippen molar-refractivity contribution in [2.24, 2.45) is 0 Å². The van der Waals surface area contributed by atoms with E-state index in [0.717, 1.165) is 5.56 Å². The third-order valence-electron chi connectivity index (χ3n) is 7.21. The highest BCUT2D eigenvalue weighted by Crippen LogP contribution is 2.59. The van der Waals surface area contributed by atoms with Crippen molar-refractivity contribution in [2.45, 2.75) is 37.1 Å². The molecule has 5 rings (SSSR count). The molecular weight excluding hydrogens is 518 g/mol. The number of anilines is 1. The molecule has 3 aromatic carbocycles. The fourth-order valence-electron chi connectivity index (χ4n) is 5.61. The minimum absolute atomic E-state index is 0.0307. The molecule has 37 heavy (non-hydrogen) atoms. The molecule has 2 amide bonds. The number of fused-ring (bicyclic) bond motifs is 2. The summed E-state index contributed by atoms with van der Waals surface area (Å²) in [7, 11) is 0. The van der Waals surface area contributed by atoms with Gasteiger partial charge >= 0.3 is 0 Å². The third-order valence-corrected chi connectivity index (χ3v) is 7.68. The van der Waals surface area contributed by atoms with Gasteiger partial charge in [-0.25, -0.2) is 4.39 Å². The lowest BCUT2D eigenvalue weighted by Gasteiger charge is -2.47. The first-order valence-corrected chi connectivity index (χ1v) is 12.7. The van der Waals surface area contributed by atoms with E-state index >= 15 is 0 Å². The number of hydrogen-bond acceptors (Lipinski definition) is 4. The third kappa shape index (κ3) is 4.35. The maximum atomic E-state index is 14.5. The van der Waals surface area contributed by atoms with E-state index in [4.69, 9.17) is 27.9 Å². The van der Waals surface area contributed by atoms with Crippen molar-refractivity contribution in [3.63, 3.8) is 0 Å². The van der Waals surface area contributed by atoms with Crippen LogP contribution in [-0.2, 0) is 15.0 Å². The van der Waals surface area contributed by atoms with Crippen molar-refractivity contribution >= 4 is 40.7 Å². The van der Waals surface area contributed by atoms with Gasteiger partial charge in [0.1, 0.15) is 17.0 Å². The molecule has 9 heteroatoms. The zero-order valence-electron chi connectivity index (χ0n) is 20.0. The summed E-state index contributed by atoms with van der Waals surface area (Å²) < 4.78 is 20.5. The molecule has 2 aliphatic rings. The van der Waals surface area contributed by atoms with Gasteiger partial charge in [-0.2, -0.15) is 0 Å². The van der Waals surface area contributed by atoms with E-state index in [-0.39, 0.29) is 31.4 Å². The Morgan fingerprint density at radius 1 is 1.05 bits per heavy atom. The number of piperidine rings is 1. The fraction of sp³-hybridized carbons (Fsp3) is 0.286. The van der Waals surface area contributed by atoms with E-state index in [1.807, 2.05) is 6.92 Å². The highest BCUT2D eigenvalue weighted by Gasteiger charge is 2.61. The number of aliphatic hydroxyl groups excluding tert-OH is 1. The van der Waals surface area contributed by atoms with Gasteiger partial charge in [-0.3, -0.25) is 9.59 Å². The quantitative estimate of drug-likeness (QED) is 0.362. The Hall–Kier alpha value is -3.13. The fourth-order valence-corrected chi connectivity index (χ4v) is 5.97. The minimum Gasteiger partial charge on any atom is -0.493 e. The van der Waals surface area contributed by atoms with Crippen molar-refractivity contribution in [2.75, 3.05) is 18.5 Å². The van der Waals surface area contributed by atoms with Crippen molar-refractivity contribution < 1.29 is 23.8 Å². The van der Waals surface area contributed by atoms with Gasteiger partial charge < -0.3 is 20.5 Å². The number of carbonyl (C=O) groups excluding carboxylic acids is 2. The number of benzene rings is 3. The molecule has 0 radical (unpaired) electrons. The minimum atomic E-state index is -1.36. The normalized spacial score (nSPS) is 22.5. The second-order valence-electron chi connectivity index (χ2n) is 9.38. The molecular formula is C28H25Cl2FN2O4. The summed E-state index contributed by atoms with van der Waals surface area (Å²) in [6.45, 7) is 2.01. The van der Waals surface area contributed by atoms with Crippen LogP contribution in [0.4, 0.5) is 10.1 Å².